The smallest absolute Gasteiger partial charge is 0.267 e. The van der Waals surface area contributed by atoms with Gasteiger partial charge >= 0.3 is 0 Å². The first-order valence-corrected chi connectivity index (χ1v) is 9.56. The van der Waals surface area contributed by atoms with Crippen molar-refractivity contribution in [3.63, 3.8) is 0 Å². The van der Waals surface area contributed by atoms with Crippen molar-refractivity contribution in [3.05, 3.63) is 45.3 Å². The molecule has 2 aromatic heterocycles. The highest BCUT2D eigenvalue weighted by molar-refractivity contribution is 5.52. The van der Waals surface area contributed by atoms with E-state index >= 15 is 0 Å². The van der Waals surface area contributed by atoms with E-state index in [1.807, 2.05) is 0 Å². The predicted octanol–water partition coefficient (Wildman–Crippen LogP) is 1.26. The van der Waals surface area contributed by atoms with E-state index in [1.165, 1.54) is 11.3 Å². The summed E-state index contributed by atoms with van der Waals surface area (Å²) in [5.41, 5.74) is 4.42. The van der Waals surface area contributed by atoms with Crippen LogP contribution in [0, 0.1) is 0 Å². The van der Waals surface area contributed by atoms with Crippen LogP contribution in [0.5, 0.6) is 0 Å². The van der Waals surface area contributed by atoms with Gasteiger partial charge < -0.3 is 9.64 Å². The molecule has 1 fully saturated rings. The number of nitrogens with zero attached hydrogens (tertiary/aromatic N) is 5. The van der Waals surface area contributed by atoms with Crippen molar-refractivity contribution in [3.8, 4) is 0 Å². The van der Waals surface area contributed by atoms with Gasteiger partial charge in [-0.25, -0.2) is 14.6 Å². The number of ether oxygens (including phenoxy) is 1. The second-order valence-electron chi connectivity index (χ2n) is 7.40. The Morgan fingerprint density at radius 3 is 3.08 bits per heavy atom. The van der Waals surface area contributed by atoms with Crippen LogP contribution in [0.2, 0.25) is 0 Å². The van der Waals surface area contributed by atoms with Crippen LogP contribution in [-0.2, 0) is 37.2 Å². The SMILES string of the molecule is O=c1cc2c(nn1CC1CCCN1c1ncnc3c1CCC3)CCOC2. The highest BCUT2D eigenvalue weighted by Gasteiger charge is 2.30. The number of aryl methyl sites for hydroxylation is 1. The first-order chi connectivity index (χ1) is 12.8. The number of aromatic nitrogens is 4. The van der Waals surface area contributed by atoms with Crippen LogP contribution in [0.25, 0.3) is 0 Å². The van der Waals surface area contributed by atoms with Crippen LogP contribution in [0.15, 0.2) is 17.2 Å². The molecule has 0 aromatic carbocycles. The molecule has 7 nitrogen and oxygen atoms in total. The van der Waals surface area contributed by atoms with Gasteiger partial charge in [0, 0.05) is 35.9 Å². The summed E-state index contributed by atoms with van der Waals surface area (Å²) >= 11 is 0. The van der Waals surface area contributed by atoms with Crippen LogP contribution in [0.4, 0.5) is 5.82 Å². The molecular formula is C19H23N5O2. The molecule has 1 saturated heterocycles. The van der Waals surface area contributed by atoms with Crippen molar-refractivity contribution in [1.82, 2.24) is 19.7 Å². The molecule has 5 rings (SSSR count). The molecular weight excluding hydrogens is 330 g/mol. The lowest BCUT2D eigenvalue weighted by molar-refractivity contribution is 0.108. The molecule has 0 radical (unpaired) electrons. The van der Waals surface area contributed by atoms with Gasteiger partial charge in [0.1, 0.15) is 12.1 Å². The van der Waals surface area contributed by atoms with Gasteiger partial charge in [0.2, 0.25) is 0 Å². The largest absolute Gasteiger partial charge is 0.376 e. The summed E-state index contributed by atoms with van der Waals surface area (Å²) in [6.45, 7) is 2.79. The molecule has 4 heterocycles. The molecule has 26 heavy (non-hydrogen) atoms. The Kier molecular flexibility index (Phi) is 3.96. The number of rotatable bonds is 3. The minimum absolute atomic E-state index is 0.0333. The Balaban J connectivity index is 1.44. The monoisotopic (exact) mass is 353 g/mol. The van der Waals surface area contributed by atoms with Gasteiger partial charge in [-0.15, -0.1) is 0 Å². The van der Waals surface area contributed by atoms with Crippen LogP contribution in [0.3, 0.4) is 0 Å². The number of anilines is 1. The van der Waals surface area contributed by atoms with Gasteiger partial charge in [-0.05, 0) is 32.1 Å². The van der Waals surface area contributed by atoms with Crippen molar-refractivity contribution in [2.24, 2.45) is 0 Å². The van der Waals surface area contributed by atoms with E-state index in [-0.39, 0.29) is 11.6 Å². The van der Waals surface area contributed by atoms with E-state index in [0.29, 0.717) is 19.8 Å². The summed E-state index contributed by atoms with van der Waals surface area (Å²) in [6.07, 6.45) is 7.93. The summed E-state index contributed by atoms with van der Waals surface area (Å²) < 4.78 is 7.08. The highest BCUT2D eigenvalue weighted by Crippen LogP contribution is 2.32. The van der Waals surface area contributed by atoms with Gasteiger partial charge in [0.05, 0.1) is 31.5 Å². The molecule has 1 atom stereocenters. The summed E-state index contributed by atoms with van der Waals surface area (Å²) in [5, 5.41) is 4.64. The van der Waals surface area contributed by atoms with Crippen molar-refractivity contribution in [1.29, 1.82) is 0 Å². The third-order valence-corrected chi connectivity index (χ3v) is 5.79. The number of hydrogen-bond donors (Lipinski definition) is 0. The molecule has 1 unspecified atom stereocenters. The maximum absolute atomic E-state index is 12.5. The maximum atomic E-state index is 12.5. The molecule has 0 spiro atoms. The fraction of sp³-hybridized carbons (Fsp3) is 0.579. The molecule has 0 bridgehead atoms. The summed E-state index contributed by atoms with van der Waals surface area (Å²) in [6, 6.07) is 1.96. The Morgan fingerprint density at radius 2 is 2.12 bits per heavy atom. The quantitative estimate of drug-likeness (QED) is 0.827. The van der Waals surface area contributed by atoms with E-state index < -0.39 is 0 Å². The van der Waals surface area contributed by atoms with Crippen molar-refractivity contribution >= 4 is 5.82 Å². The standard InChI is InChI=1S/C19H23N5O2/c25-18-9-13-11-26-8-6-16(13)22-24(18)10-14-3-2-7-23(14)19-15-4-1-5-17(15)20-12-21-19/h9,12,14H,1-8,10-11H2. The first kappa shape index (κ1) is 15.9. The minimum atomic E-state index is -0.0333. The molecule has 0 amide bonds. The summed E-state index contributed by atoms with van der Waals surface area (Å²) in [4.78, 5) is 23.9. The average molecular weight is 353 g/mol. The predicted molar refractivity (Wildman–Crippen MR) is 96.3 cm³/mol. The van der Waals surface area contributed by atoms with E-state index in [4.69, 9.17) is 4.74 Å². The lowest BCUT2D eigenvalue weighted by Gasteiger charge is -2.28. The fourth-order valence-corrected chi connectivity index (χ4v) is 4.48. The van der Waals surface area contributed by atoms with Gasteiger partial charge in [0.15, 0.2) is 0 Å². The molecule has 0 saturated carbocycles. The highest BCUT2D eigenvalue weighted by atomic mass is 16.5. The molecule has 0 N–H and O–H groups in total. The lowest BCUT2D eigenvalue weighted by Crippen LogP contribution is -2.39. The Labute approximate surface area is 152 Å². The van der Waals surface area contributed by atoms with Gasteiger partial charge in [0.25, 0.3) is 5.56 Å². The van der Waals surface area contributed by atoms with Crippen LogP contribution >= 0.6 is 0 Å². The van der Waals surface area contributed by atoms with Gasteiger partial charge in [-0.2, -0.15) is 5.10 Å². The van der Waals surface area contributed by atoms with Crippen LogP contribution in [0.1, 0.15) is 41.8 Å². The van der Waals surface area contributed by atoms with E-state index in [2.05, 4.69) is 20.0 Å². The molecule has 7 heteroatoms. The second kappa shape index (κ2) is 6.46. The summed E-state index contributed by atoms with van der Waals surface area (Å²) in [7, 11) is 0. The molecule has 2 aromatic rings. The summed E-state index contributed by atoms with van der Waals surface area (Å²) in [5.74, 6) is 1.08. The molecule has 2 aliphatic heterocycles. The molecule has 1 aliphatic carbocycles. The molecule has 3 aliphatic rings. The Hall–Kier alpha value is -2.28. The average Bonchev–Trinajstić information content (AvgIpc) is 3.31. The zero-order valence-electron chi connectivity index (χ0n) is 14.9. The third-order valence-electron chi connectivity index (χ3n) is 5.79. The lowest BCUT2D eigenvalue weighted by atomic mass is 10.1. The molecule has 136 valence electrons. The Bertz CT molecular complexity index is 894. The van der Waals surface area contributed by atoms with Crippen LogP contribution in [-0.4, -0.2) is 38.9 Å². The van der Waals surface area contributed by atoms with E-state index in [1.54, 1.807) is 17.1 Å². The van der Waals surface area contributed by atoms with Crippen molar-refractivity contribution < 1.29 is 4.74 Å². The number of hydrogen-bond acceptors (Lipinski definition) is 6. The zero-order chi connectivity index (χ0) is 17.5. The van der Waals surface area contributed by atoms with Gasteiger partial charge in [-0.3, -0.25) is 4.79 Å². The minimum Gasteiger partial charge on any atom is -0.376 e. The second-order valence-corrected chi connectivity index (χ2v) is 7.40. The topological polar surface area (TPSA) is 73.1 Å². The maximum Gasteiger partial charge on any atom is 0.267 e. The van der Waals surface area contributed by atoms with Crippen LogP contribution < -0.4 is 10.5 Å². The van der Waals surface area contributed by atoms with Crippen molar-refractivity contribution in [2.45, 2.75) is 57.7 Å². The Morgan fingerprint density at radius 1 is 1.15 bits per heavy atom. The normalized spacial score (nSPS) is 21.7. The first-order valence-electron chi connectivity index (χ1n) is 9.56. The van der Waals surface area contributed by atoms with Gasteiger partial charge in [-0.1, -0.05) is 0 Å². The fourth-order valence-electron chi connectivity index (χ4n) is 4.48. The van der Waals surface area contributed by atoms with E-state index in [9.17, 15) is 4.79 Å². The number of fused-ring (bicyclic) bond motifs is 2. The third kappa shape index (κ3) is 2.70. The van der Waals surface area contributed by atoms with Crippen molar-refractivity contribution in [2.75, 3.05) is 18.1 Å². The van der Waals surface area contributed by atoms with E-state index in [0.717, 1.165) is 62.1 Å². The zero-order valence-corrected chi connectivity index (χ0v) is 14.9.